The molecular formula is C20H36O2. The van der Waals surface area contributed by atoms with Crippen LogP contribution in [0.25, 0.3) is 0 Å². The van der Waals surface area contributed by atoms with E-state index in [9.17, 15) is 0 Å². The van der Waals surface area contributed by atoms with Crippen LogP contribution in [0.5, 0.6) is 0 Å². The summed E-state index contributed by atoms with van der Waals surface area (Å²) in [5.74, 6) is 6.29. The van der Waals surface area contributed by atoms with Crippen LogP contribution in [0.15, 0.2) is 12.2 Å². The molecule has 0 fully saturated rings. The van der Waals surface area contributed by atoms with E-state index in [0.29, 0.717) is 0 Å². The van der Waals surface area contributed by atoms with E-state index < -0.39 is 0 Å². The van der Waals surface area contributed by atoms with Crippen LogP contribution in [0.4, 0.5) is 0 Å². The van der Waals surface area contributed by atoms with Crippen LogP contribution in [0.1, 0.15) is 85.0 Å². The average Bonchev–Trinajstić information content (AvgIpc) is 2.52. The lowest BCUT2D eigenvalue weighted by Gasteiger charge is -2.16. The maximum atomic E-state index is 5.55. The van der Waals surface area contributed by atoms with Crippen molar-refractivity contribution in [2.45, 2.75) is 91.3 Å². The summed E-state index contributed by atoms with van der Waals surface area (Å²) in [6.07, 6.45) is 16.3. The second-order valence-corrected chi connectivity index (χ2v) is 5.49. The highest BCUT2D eigenvalue weighted by Gasteiger charge is 2.06. The molecule has 0 aromatic heterocycles. The molecule has 0 spiro atoms. The summed E-state index contributed by atoms with van der Waals surface area (Å²) in [5.41, 5.74) is 0. The lowest BCUT2D eigenvalue weighted by Crippen LogP contribution is -2.17. The monoisotopic (exact) mass is 308 g/mol. The van der Waals surface area contributed by atoms with E-state index >= 15 is 0 Å². The Bertz CT molecular complexity index is 293. The molecule has 0 rings (SSSR count). The molecular weight excluding hydrogens is 272 g/mol. The van der Waals surface area contributed by atoms with Crippen molar-refractivity contribution in [2.24, 2.45) is 0 Å². The van der Waals surface area contributed by atoms with E-state index in [1.54, 1.807) is 0 Å². The highest BCUT2D eigenvalue weighted by atomic mass is 16.7. The lowest BCUT2D eigenvalue weighted by molar-refractivity contribution is -0.140. The molecule has 2 heteroatoms. The molecule has 0 heterocycles. The van der Waals surface area contributed by atoms with Gasteiger partial charge < -0.3 is 9.47 Å². The standard InChI is InChI=1S/C20H36O2/c1-4-7-8-9-10-11-12-13-14-15-16-17-18-19-20(21-5-2)22-6-3/h7-8,20H,4-6,11-19H2,1-3H3/b8-7-. The summed E-state index contributed by atoms with van der Waals surface area (Å²) in [7, 11) is 0. The third-order valence-electron chi connectivity index (χ3n) is 3.49. The average molecular weight is 309 g/mol. The number of unbranched alkanes of at least 4 members (excludes halogenated alkanes) is 7. The maximum absolute atomic E-state index is 5.55. The predicted molar refractivity (Wildman–Crippen MR) is 95.8 cm³/mol. The van der Waals surface area contributed by atoms with Crippen LogP contribution < -0.4 is 0 Å². The molecule has 2 nitrogen and oxygen atoms in total. The van der Waals surface area contributed by atoms with Gasteiger partial charge in [-0.05, 0) is 45.6 Å². The SMILES string of the molecule is CC/C=C\C#CCCCCCCCCCC(OCC)OCC. The van der Waals surface area contributed by atoms with Crippen LogP contribution >= 0.6 is 0 Å². The lowest BCUT2D eigenvalue weighted by atomic mass is 10.1. The molecule has 0 aromatic carbocycles. The van der Waals surface area contributed by atoms with Crippen LogP contribution in [-0.4, -0.2) is 19.5 Å². The molecule has 0 saturated carbocycles. The fourth-order valence-electron chi connectivity index (χ4n) is 2.30. The zero-order valence-electron chi connectivity index (χ0n) is 15.0. The number of ether oxygens (including phenoxy) is 2. The topological polar surface area (TPSA) is 18.5 Å². The third kappa shape index (κ3) is 15.6. The Kier molecular flexibility index (Phi) is 17.6. The van der Waals surface area contributed by atoms with Gasteiger partial charge in [-0.2, -0.15) is 0 Å². The smallest absolute Gasteiger partial charge is 0.157 e. The van der Waals surface area contributed by atoms with Gasteiger partial charge in [-0.3, -0.25) is 0 Å². The van der Waals surface area contributed by atoms with E-state index in [1.165, 1.54) is 44.9 Å². The molecule has 0 aliphatic carbocycles. The highest BCUT2D eigenvalue weighted by molar-refractivity contribution is 5.14. The fraction of sp³-hybridized carbons (Fsp3) is 0.800. The molecule has 0 radical (unpaired) electrons. The highest BCUT2D eigenvalue weighted by Crippen LogP contribution is 2.12. The van der Waals surface area contributed by atoms with E-state index in [4.69, 9.17) is 9.47 Å². The van der Waals surface area contributed by atoms with E-state index in [0.717, 1.165) is 32.5 Å². The van der Waals surface area contributed by atoms with E-state index in [2.05, 4.69) is 24.8 Å². The van der Waals surface area contributed by atoms with Crippen molar-refractivity contribution < 1.29 is 9.47 Å². The quantitative estimate of drug-likeness (QED) is 0.227. The van der Waals surface area contributed by atoms with Crippen molar-refractivity contribution in [3.8, 4) is 11.8 Å². The molecule has 0 aliphatic rings. The molecule has 22 heavy (non-hydrogen) atoms. The van der Waals surface area contributed by atoms with Gasteiger partial charge >= 0.3 is 0 Å². The second-order valence-electron chi connectivity index (χ2n) is 5.49. The van der Waals surface area contributed by atoms with Gasteiger partial charge in [0.05, 0.1) is 0 Å². The molecule has 0 bridgehead atoms. The first kappa shape index (κ1) is 21.2. The van der Waals surface area contributed by atoms with Crippen LogP contribution in [0, 0.1) is 11.8 Å². The number of hydrogen-bond acceptors (Lipinski definition) is 2. The van der Waals surface area contributed by atoms with Gasteiger partial charge in [0.2, 0.25) is 0 Å². The van der Waals surface area contributed by atoms with Gasteiger partial charge in [0.15, 0.2) is 6.29 Å². The molecule has 0 unspecified atom stereocenters. The molecule has 128 valence electrons. The van der Waals surface area contributed by atoms with Crippen LogP contribution in [0.2, 0.25) is 0 Å². The van der Waals surface area contributed by atoms with E-state index in [-0.39, 0.29) is 6.29 Å². The second kappa shape index (κ2) is 18.3. The fourth-order valence-corrected chi connectivity index (χ4v) is 2.30. The van der Waals surface area contributed by atoms with Crippen LogP contribution in [0.3, 0.4) is 0 Å². The summed E-state index contributed by atoms with van der Waals surface area (Å²) >= 11 is 0. The Morgan fingerprint density at radius 3 is 2.00 bits per heavy atom. The Hall–Kier alpha value is -0.780. The van der Waals surface area contributed by atoms with Gasteiger partial charge in [-0.1, -0.05) is 56.9 Å². The van der Waals surface area contributed by atoms with Gasteiger partial charge in [-0.15, -0.1) is 0 Å². The Balaban J connectivity index is 3.31. The van der Waals surface area contributed by atoms with Crippen molar-refractivity contribution >= 4 is 0 Å². The largest absolute Gasteiger partial charge is 0.353 e. The zero-order chi connectivity index (χ0) is 16.3. The Morgan fingerprint density at radius 1 is 0.818 bits per heavy atom. The number of hydrogen-bond donors (Lipinski definition) is 0. The third-order valence-corrected chi connectivity index (χ3v) is 3.49. The number of rotatable bonds is 14. The predicted octanol–water partition coefficient (Wildman–Crippen LogP) is 5.87. The molecule has 0 aromatic rings. The van der Waals surface area contributed by atoms with Crippen LogP contribution in [-0.2, 0) is 9.47 Å². The Labute approximate surface area is 138 Å². The molecule has 0 aliphatic heterocycles. The summed E-state index contributed by atoms with van der Waals surface area (Å²) < 4.78 is 11.1. The number of allylic oxidation sites excluding steroid dienone is 2. The van der Waals surface area contributed by atoms with Crippen molar-refractivity contribution in [1.29, 1.82) is 0 Å². The summed E-state index contributed by atoms with van der Waals surface area (Å²) in [4.78, 5) is 0. The van der Waals surface area contributed by atoms with E-state index in [1.807, 2.05) is 19.9 Å². The summed E-state index contributed by atoms with van der Waals surface area (Å²) in [6.45, 7) is 7.66. The molecule has 0 atom stereocenters. The van der Waals surface area contributed by atoms with Gasteiger partial charge in [-0.25, -0.2) is 0 Å². The van der Waals surface area contributed by atoms with Crippen molar-refractivity contribution in [3.63, 3.8) is 0 Å². The summed E-state index contributed by atoms with van der Waals surface area (Å²) in [5, 5.41) is 0. The minimum atomic E-state index is 0.00957. The van der Waals surface area contributed by atoms with Gasteiger partial charge in [0.25, 0.3) is 0 Å². The normalized spacial score (nSPS) is 11.1. The molecule has 0 N–H and O–H groups in total. The van der Waals surface area contributed by atoms with Crippen molar-refractivity contribution in [3.05, 3.63) is 12.2 Å². The Morgan fingerprint density at radius 2 is 1.41 bits per heavy atom. The summed E-state index contributed by atoms with van der Waals surface area (Å²) in [6, 6.07) is 0. The zero-order valence-corrected chi connectivity index (χ0v) is 15.0. The molecule has 0 amide bonds. The first-order valence-electron chi connectivity index (χ1n) is 9.21. The maximum Gasteiger partial charge on any atom is 0.157 e. The first-order chi connectivity index (χ1) is 10.8. The molecule has 0 saturated heterocycles. The van der Waals surface area contributed by atoms with Gasteiger partial charge in [0.1, 0.15) is 0 Å². The van der Waals surface area contributed by atoms with Crippen molar-refractivity contribution in [1.82, 2.24) is 0 Å². The minimum Gasteiger partial charge on any atom is -0.353 e. The van der Waals surface area contributed by atoms with Crippen molar-refractivity contribution in [2.75, 3.05) is 13.2 Å². The van der Waals surface area contributed by atoms with Gasteiger partial charge in [0, 0.05) is 19.6 Å². The minimum absolute atomic E-state index is 0.00957. The first-order valence-corrected chi connectivity index (χ1v) is 9.21.